The van der Waals surface area contributed by atoms with Gasteiger partial charge < -0.3 is 208 Å². The highest BCUT2D eigenvalue weighted by Crippen LogP contribution is 2.75. The predicted octanol–water partition coefficient (Wildman–Crippen LogP) is -5.83. The van der Waals surface area contributed by atoms with Gasteiger partial charge >= 0.3 is 23.9 Å². The van der Waals surface area contributed by atoms with E-state index in [4.69, 9.17) is 85.3 Å². The van der Waals surface area contributed by atoms with Crippen LogP contribution in [-0.4, -0.2) is 439 Å². The van der Waals surface area contributed by atoms with Crippen LogP contribution in [0.2, 0.25) is 0 Å². The molecule has 4 saturated carbocycles. The third kappa shape index (κ3) is 21.9. The average Bonchev–Trinajstić information content (AvgIpc) is 0.761. The highest BCUT2D eigenvalue weighted by molar-refractivity contribution is 5.74. The molecule has 13 aliphatic rings. The number of ether oxygens (including phenoxy) is 18. The summed E-state index contributed by atoms with van der Waals surface area (Å²) in [4.78, 5) is 71.9. The molecule has 0 aromatic heterocycles. The normalized spacial score (nSPS) is 48.7. The fraction of sp³-hybridized carbons (Fsp3) is 0.924. The van der Waals surface area contributed by atoms with Crippen molar-refractivity contribution < 1.29 is 227 Å². The first-order valence-corrected chi connectivity index (χ1v) is 48.3. The number of aliphatic hydroxyl groups is 22. The van der Waals surface area contributed by atoms with Crippen molar-refractivity contribution in [1.29, 1.82) is 0 Å². The Kier molecular flexibility index (Phi) is 35.8. The Bertz CT molecular complexity index is 4080. The first-order valence-electron chi connectivity index (χ1n) is 48.3. The molecular formula is C92H148O46. The number of aliphatic hydroxyl groups excluding tert-OH is 21. The van der Waals surface area contributed by atoms with Gasteiger partial charge in [0.2, 0.25) is 6.29 Å². The monoisotopic (exact) mass is 1990 g/mol. The van der Waals surface area contributed by atoms with E-state index in [1.807, 2.05) is 20.8 Å². The van der Waals surface area contributed by atoms with E-state index in [0.717, 1.165) is 11.9 Å². The zero-order chi connectivity index (χ0) is 101. The van der Waals surface area contributed by atoms with Crippen LogP contribution in [0, 0.1) is 68.5 Å². The summed E-state index contributed by atoms with van der Waals surface area (Å²) in [5.41, 5.74) is -5.66. The van der Waals surface area contributed by atoms with Crippen LogP contribution in [0.1, 0.15) is 173 Å². The van der Waals surface area contributed by atoms with Crippen molar-refractivity contribution in [2.75, 3.05) is 39.6 Å². The molecule has 12 fully saturated rings. The van der Waals surface area contributed by atoms with Gasteiger partial charge in [0, 0.05) is 18.8 Å². The molecule has 52 atom stereocenters. The van der Waals surface area contributed by atoms with E-state index in [9.17, 15) is 137 Å². The van der Waals surface area contributed by atoms with Crippen LogP contribution >= 0.6 is 0 Å². The Morgan fingerprint density at radius 2 is 1.06 bits per heavy atom. The zero-order valence-electron chi connectivity index (χ0n) is 79.6. The molecule has 8 aliphatic heterocycles. The van der Waals surface area contributed by atoms with Crippen molar-refractivity contribution in [3.05, 3.63) is 11.6 Å². The van der Waals surface area contributed by atoms with Gasteiger partial charge in [-0.25, -0.2) is 4.79 Å². The fourth-order valence-electron chi connectivity index (χ4n) is 24.3. The summed E-state index contributed by atoms with van der Waals surface area (Å²) in [5, 5.41) is 255. The number of aldehydes is 1. The number of esters is 3. The molecular weight excluding hydrogens is 1840 g/mol. The second kappa shape index (κ2) is 44.5. The summed E-state index contributed by atoms with van der Waals surface area (Å²) in [5.74, 6) is -8.95. The zero-order valence-corrected chi connectivity index (χ0v) is 79.6. The Labute approximate surface area is 797 Å². The van der Waals surface area contributed by atoms with Gasteiger partial charge in [-0.05, 0) is 116 Å². The molecule has 5 aliphatic carbocycles. The molecule has 0 amide bonds. The van der Waals surface area contributed by atoms with E-state index in [-0.39, 0.29) is 37.5 Å². The van der Waals surface area contributed by atoms with E-state index in [1.54, 1.807) is 27.7 Å². The highest BCUT2D eigenvalue weighted by atomic mass is 16.8. The first-order chi connectivity index (χ1) is 64.8. The number of fused-ring (bicyclic) bond motifs is 7. The summed E-state index contributed by atoms with van der Waals surface area (Å²) in [6, 6.07) is 0. The third-order valence-corrected chi connectivity index (χ3v) is 33.0. The van der Waals surface area contributed by atoms with E-state index < -0.39 is 391 Å². The number of hydrogen-bond acceptors (Lipinski definition) is 45. The molecule has 8 unspecified atom stereocenters. The summed E-state index contributed by atoms with van der Waals surface area (Å²) in [7, 11) is 0. The van der Waals surface area contributed by atoms with Crippen molar-refractivity contribution in [3.63, 3.8) is 0 Å². The van der Waals surface area contributed by atoms with Gasteiger partial charge in [-0.3, -0.25) is 14.4 Å². The van der Waals surface area contributed by atoms with E-state index in [1.165, 1.54) is 13.8 Å². The topological polar surface area (TPSA) is 717 Å². The van der Waals surface area contributed by atoms with Crippen LogP contribution in [0.25, 0.3) is 0 Å². The van der Waals surface area contributed by atoms with Crippen LogP contribution in [0.3, 0.4) is 0 Å². The SMILES string of the molecule is CCC(C)C(CC(O)CC(=O)O[C@@H]1[C@H](O)[C@H](C)O[C@H](OC(=O)[C@@H]2CC(C)(C)C[C@@H]3C4=CCC5[C@@]6(C)CC[C@H](O[C@@H]7O[C@H](C(=O)O)[C@@H](O)[C@H](O[C@H]8OC[C@@H](O)[C@H](O)[C@H]8O)[C@H]7O[C@@H]7O[C@H](CO)[C@H](O)[C@H](O)[C@H]7O)[C@@](C)(C=O)[C@@H]6CC[C@@]5(C)[C@]4(C)C[C@@H](O)C32)[C@H]1O[C@@H]1O[C@@H](C)[C@H](O[C@H]2OC[C@@H](O)[C@H](O[C@H]3OC[C@](O)(CO)[C@H]3O)[C@H]2O)[C@@H](O)[C@H]1O)OC(=O)CC(O)CC(O[C@@H]1O[C@@H](CO)[C@H](O)[C@H]1O)C(C)CC. The van der Waals surface area contributed by atoms with Crippen LogP contribution in [0.4, 0.5) is 0 Å². The van der Waals surface area contributed by atoms with Crippen molar-refractivity contribution in [1.82, 2.24) is 0 Å². The van der Waals surface area contributed by atoms with E-state index >= 15 is 4.79 Å². The second-order valence-electron chi connectivity index (χ2n) is 42.6. The van der Waals surface area contributed by atoms with Crippen LogP contribution in [0.15, 0.2) is 11.6 Å². The summed E-state index contributed by atoms with van der Waals surface area (Å²) >= 11 is 0. The Morgan fingerprint density at radius 1 is 0.507 bits per heavy atom. The minimum Gasteiger partial charge on any atom is -0.479 e. The van der Waals surface area contributed by atoms with Crippen molar-refractivity contribution in [2.24, 2.45) is 68.5 Å². The molecule has 138 heavy (non-hydrogen) atoms. The molecule has 0 aromatic rings. The van der Waals surface area contributed by atoms with Gasteiger partial charge in [-0.1, -0.05) is 93.7 Å². The number of carboxylic acid groups (broad SMARTS) is 1. The third-order valence-electron chi connectivity index (χ3n) is 33.0. The maximum absolute atomic E-state index is 15.9. The molecule has 8 heterocycles. The van der Waals surface area contributed by atoms with Crippen molar-refractivity contribution >= 4 is 30.2 Å². The largest absolute Gasteiger partial charge is 0.479 e. The van der Waals surface area contributed by atoms with Crippen LogP contribution < -0.4 is 0 Å². The number of allylic oxidation sites excluding steroid dienone is 2. The molecule has 23 N–H and O–H groups in total. The summed E-state index contributed by atoms with van der Waals surface area (Å²) in [6.07, 6.45) is -65.8. The smallest absolute Gasteiger partial charge is 0.335 e. The lowest BCUT2D eigenvalue weighted by Crippen LogP contribution is -2.69. The molecule has 46 heteroatoms. The Morgan fingerprint density at radius 3 is 1.68 bits per heavy atom. The Balaban J connectivity index is 0.742. The number of carboxylic acids is 1. The number of carbonyl (C=O) groups is 5. The number of aliphatic carboxylic acids is 1. The molecule has 8 saturated heterocycles. The lowest BCUT2D eigenvalue weighted by molar-refractivity contribution is -0.391. The highest BCUT2D eigenvalue weighted by Gasteiger charge is 2.72. The van der Waals surface area contributed by atoms with Crippen molar-refractivity contribution in [3.8, 4) is 0 Å². The molecule has 0 aromatic carbocycles. The van der Waals surface area contributed by atoms with Crippen LogP contribution in [0.5, 0.6) is 0 Å². The van der Waals surface area contributed by atoms with E-state index in [0.29, 0.717) is 44.9 Å². The lowest BCUT2D eigenvalue weighted by atomic mass is 9.34. The van der Waals surface area contributed by atoms with Gasteiger partial charge in [-0.15, -0.1) is 0 Å². The maximum Gasteiger partial charge on any atom is 0.335 e. The molecule has 0 bridgehead atoms. The van der Waals surface area contributed by atoms with Gasteiger partial charge in [0.05, 0.1) is 107 Å². The van der Waals surface area contributed by atoms with Gasteiger partial charge in [0.25, 0.3) is 0 Å². The minimum atomic E-state index is -2.26. The van der Waals surface area contributed by atoms with Crippen molar-refractivity contribution in [2.45, 2.75) is 424 Å². The minimum absolute atomic E-state index is 0.0638. The molecule has 792 valence electrons. The number of hydrogen-bond donors (Lipinski definition) is 23. The standard InChI is InChI=1S/C92H148O46/c1-13-35(3)47(126-54(102)23-40(98)22-48(36(4)14-2)127-82-64(111)60(107)50(29-94)128-82)21-39(97)24-55(103)131-71-57(104)37(5)124-84(74(71)136-81-66(113)62(109)69(38(6)125-81)132-80-68(115)70(46(101)31-122-80)133-86-76(116)92(120,33-96)34-123-86)138-78(119)42-26-87(7,8)25-41-43-15-16-52-88(9)19-18-53(89(10,32-95)51(88)17-20-90(52,11)91(43,12)27-44(99)56(41)42)130-85-75(137-83-65(112)61(108)59(106)49(28-93)129-83)72(67(114)73(135-85)77(117)118)134-79-63(110)58(105)45(100)30-121-79/h15,32,35-42,44-53,56-76,79-86,93-94,96-101,104-116,120H,13-14,16-31,33-34H2,1-12H3,(H,117,118)/t35?,36?,37-,38-,39?,40?,41+,42+,44+,45+,46+,47?,48?,49+,50-,51+,52?,53-,56?,57+,58-,59-,60-,61-,62-,63+,64+,65+,66+,67-,68+,69-,70-,71+,72-,73-,74-,75+,76-,79+,80+,81-,82+,83-,84+,85+,86+,88-,89-,90+,91+,92+/m0/s1. The fourth-order valence-corrected chi connectivity index (χ4v) is 24.3. The van der Waals surface area contributed by atoms with E-state index in [2.05, 4.69) is 26.8 Å². The van der Waals surface area contributed by atoms with Gasteiger partial charge in [0.15, 0.2) is 62.3 Å². The maximum atomic E-state index is 15.9. The Hall–Kier alpha value is -4.19. The summed E-state index contributed by atoms with van der Waals surface area (Å²) in [6.45, 7) is 17.5. The summed E-state index contributed by atoms with van der Waals surface area (Å²) < 4.78 is 108. The quantitative estimate of drug-likeness (QED) is 0.00924. The van der Waals surface area contributed by atoms with Gasteiger partial charge in [0.1, 0.15) is 146 Å². The molecule has 13 rings (SSSR count). The number of carbonyl (C=O) groups excluding carboxylic acids is 4. The van der Waals surface area contributed by atoms with Crippen LogP contribution in [-0.2, 0) is 109 Å². The van der Waals surface area contributed by atoms with Gasteiger partial charge in [-0.2, -0.15) is 0 Å². The predicted molar refractivity (Wildman–Crippen MR) is 458 cm³/mol. The molecule has 0 radical (unpaired) electrons. The molecule has 0 spiro atoms. The first kappa shape index (κ1) is 111. The number of rotatable bonds is 35. The second-order valence-corrected chi connectivity index (χ2v) is 42.6. The molecule has 46 nitrogen and oxygen atoms in total. The lowest BCUT2D eigenvalue weighted by Gasteiger charge is -2.71. The average molecular weight is 1990 g/mol.